The van der Waals surface area contributed by atoms with Gasteiger partial charge in [0, 0.05) is 0 Å². The lowest BCUT2D eigenvalue weighted by Crippen LogP contribution is -2.38. The molecule has 1 atom stereocenters. The third-order valence-electron chi connectivity index (χ3n) is 1.34. The van der Waals surface area contributed by atoms with Crippen molar-refractivity contribution in [3.63, 3.8) is 0 Å². The third-order valence-corrected chi connectivity index (χ3v) is 1.34. The Morgan fingerprint density at radius 1 is 1.89 bits per heavy atom. The summed E-state index contributed by atoms with van der Waals surface area (Å²) < 4.78 is -0.316. The molecule has 0 aromatic rings. The molecule has 3 nitrogen and oxygen atoms in total. The van der Waals surface area contributed by atoms with E-state index in [0.717, 1.165) is 0 Å². The van der Waals surface area contributed by atoms with Crippen molar-refractivity contribution < 1.29 is 4.65 Å². The van der Waals surface area contributed by atoms with Crippen LogP contribution in [-0.4, -0.2) is 30.6 Å². The molecule has 1 rings (SSSR count). The molecule has 0 saturated carbocycles. The van der Waals surface area contributed by atoms with Crippen LogP contribution in [0.25, 0.3) is 0 Å². The van der Waals surface area contributed by atoms with Gasteiger partial charge in [0.05, 0.1) is 6.54 Å². The zero-order valence-electron chi connectivity index (χ0n) is 5.29. The van der Waals surface area contributed by atoms with Gasteiger partial charge in [0.2, 0.25) is 0 Å². The molecule has 1 unspecified atom stereocenters. The highest BCUT2D eigenvalue weighted by Gasteiger charge is 2.15. The Labute approximate surface area is 54.5 Å². The summed E-state index contributed by atoms with van der Waals surface area (Å²) in [6.45, 7) is 5.18. The molecule has 0 saturated heterocycles. The van der Waals surface area contributed by atoms with Gasteiger partial charge in [0.1, 0.15) is 13.1 Å². The van der Waals surface area contributed by atoms with E-state index in [1.165, 1.54) is 6.34 Å². The number of rotatable bonds is 2. The van der Waals surface area contributed by atoms with Crippen molar-refractivity contribution in [2.24, 2.45) is 4.99 Å². The van der Waals surface area contributed by atoms with Gasteiger partial charge in [-0.3, -0.25) is 0 Å². The summed E-state index contributed by atoms with van der Waals surface area (Å²) in [7, 11) is 0. The molecule has 0 bridgehead atoms. The van der Waals surface area contributed by atoms with Crippen molar-refractivity contribution in [2.75, 3.05) is 19.6 Å². The van der Waals surface area contributed by atoms with Gasteiger partial charge in [0.15, 0.2) is 6.34 Å². The predicted octanol–water partition coefficient (Wildman–Crippen LogP) is 0.529. The molecule has 0 fully saturated rings. The molecule has 0 amide bonds. The van der Waals surface area contributed by atoms with Crippen LogP contribution in [-0.2, 0) is 0 Å². The van der Waals surface area contributed by atoms with Gasteiger partial charge in [-0.2, -0.15) is 0 Å². The maximum Gasteiger partial charge on any atom is 0.185 e. The fourth-order valence-electron chi connectivity index (χ4n) is 0.848. The van der Waals surface area contributed by atoms with E-state index >= 15 is 0 Å². The molecular weight excluding hydrogens is 116 g/mol. The lowest BCUT2D eigenvalue weighted by molar-refractivity contribution is -0.768. The average molecular weight is 126 g/mol. The second-order valence-corrected chi connectivity index (χ2v) is 2.17. The second kappa shape index (κ2) is 2.29. The lowest BCUT2D eigenvalue weighted by atomic mass is 10.5. The van der Waals surface area contributed by atoms with Crippen LogP contribution < -0.4 is 0 Å². The Balaban J connectivity index is 2.51. The lowest BCUT2D eigenvalue weighted by Gasteiger charge is -2.32. The molecule has 0 aromatic carbocycles. The molecule has 0 aromatic heterocycles. The average Bonchev–Trinajstić information content (AvgIpc) is 2.16. The van der Waals surface area contributed by atoms with E-state index in [1.807, 2.05) is 0 Å². The van der Waals surface area contributed by atoms with Crippen LogP contribution in [0.3, 0.4) is 0 Å². The monoisotopic (exact) mass is 126 g/mol. The van der Waals surface area contributed by atoms with E-state index in [1.54, 1.807) is 6.08 Å². The van der Waals surface area contributed by atoms with Crippen molar-refractivity contribution >= 4 is 6.34 Å². The topological polar surface area (TPSA) is 35.4 Å². The van der Waals surface area contributed by atoms with E-state index < -0.39 is 0 Å². The summed E-state index contributed by atoms with van der Waals surface area (Å²) in [6.07, 6.45) is 3.08. The maximum absolute atomic E-state index is 11.2. The summed E-state index contributed by atoms with van der Waals surface area (Å²) >= 11 is 0. The van der Waals surface area contributed by atoms with Gasteiger partial charge < -0.3 is 9.85 Å². The summed E-state index contributed by atoms with van der Waals surface area (Å²) in [5, 5.41) is 11.2. The van der Waals surface area contributed by atoms with Crippen molar-refractivity contribution in [1.82, 2.24) is 0 Å². The van der Waals surface area contributed by atoms with Gasteiger partial charge in [-0.05, 0) is 6.08 Å². The Morgan fingerprint density at radius 2 is 2.67 bits per heavy atom. The Kier molecular flexibility index (Phi) is 1.64. The van der Waals surface area contributed by atoms with Crippen molar-refractivity contribution in [2.45, 2.75) is 0 Å². The summed E-state index contributed by atoms with van der Waals surface area (Å²) in [5.41, 5.74) is 0. The van der Waals surface area contributed by atoms with E-state index in [9.17, 15) is 5.21 Å². The van der Waals surface area contributed by atoms with E-state index in [2.05, 4.69) is 11.6 Å². The Hall–Kier alpha value is -0.670. The fraction of sp³-hybridized carbons (Fsp3) is 0.500. The minimum atomic E-state index is -0.316. The zero-order chi connectivity index (χ0) is 6.74. The molecule has 0 N–H and O–H groups in total. The van der Waals surface area contributed by atoms with Crippen molar-refractivity contribution in [1.29, 1.82) is 0 Å². The normalized spacial score (nSPS) is 33.0. The highest BCUT2D eigenvalue weighted by molar-refractivity contribution is 5.48. The van der Waals surface area contributed by atoms with Crippen LogP contribution in [0.4, 0.5) is 0 Å². The van der Waals surface area contributed by atoms with Gasteiger partial charge in [-0.1, -0.05) is 6.58 Å². The van der Waals surface area contributed by atoms with Crippen LogP contribution in [0.15, 0.2) is 17.6 Å². The Bertz CT molecular complexity index is 144. The first-order valence-corrected chi connectivity index (χ1v) is 2.96. The van der Waals surface area contributed by atoms with Crippen molar-refractivity contribution in [3.8, 4) is 0 Å². The quantitative estimate of drug-likeness (QED) is 0.302. The highest BCUT2D eigenvalue weighted by atomic mass is 16.5. The summed E-state index contributed by atoms with van der Waals surface area (Å²) in [5.74, 6) is 0. The largest absolute Gasteiger partial charge is 0.626 e. The van der Waals surface area contributed by atoms with E-state index in [-0.39, 0.29) is 4.65 Å². The number of hydrogen-bond donors (Lipinski definition) is 0. The van der Waals surface area contributed by atoms with Crippen molar-refractivity contribution in [3.05, 3.63) is 17.9 Å². The first-order valence-electron chi connectivity index (χ1n) is 2.96. The SMILES string of the molecule is C=CC[N+]1([O-])C=NCC1. The van der Waals surface area contributed by atoms with Crippen LogP contribution in [0.1, 0.15) is 0 Å². The molecule has 0 aliphatic carbocycles. The zero-order valence-corrected chi connectivity index (χ0v) is 5.29. The molecule has 1 heterocycles. The highest BCUT2D eigenvalue weighted by Crippen LogP contribution is 2.05. The molecule has 1 aliphatic heterocycles. The minimum Gasteiger partial charge on any atom is -0.626 e. The molecular formula is C6H10N2O. The number of nitrogens with zero attached hydrogens (tertiary/aromatic N) is 2. The second-order valence-electron chi connectivity index (χ2n) is 2.17. The molecule has 1 aliphatic rings. The van der Waals surface area contributed by atoms with Crippen LogP contribution in [0, 0.1) is 5.21 Å². The van der Waals surface area contributed by atoms with E-state index in [4.69, 9.17) is 0 Å². The van der Waals surface area contributed by atoms with E-state index in [0.29, 0.717) is 19.6 Å². The molecule has 0 spiro atoms. The molecule has 9 heavy (non-hydrogen) atoms. The maximum atomic E-state index is 11.2. The smallest absolute Gasteiger partial charge is 0.185 e. The molecule has 3 heteroatoms. The van der Waals surface area contributed by atoms with Gasteiger partial charge in [-0.25, -0.2) is 4.99 Å². The Morgan fingerprint density at radius 3 is 3.11 bits per heavy atom. The molecule has 0 radical (unpaired) electrons. The first kappa shape index (κ1) is 6.45. The standard InChI is InChI=1S/C6H10N2O/c1-2-4-8(9)5-3-7-6-8/h2,6H,1,3-5H2. The minimum absolute atomic E-state index is 0.316. The van der Waals surface area contributed by atoms with Gasteiger partial charge in [-0.15, -0.1) is 0 Å². The van der Waals surface area contributed by atoms with Crippen LogP contribution >= 0.6 is 0 Å². The number of hydroxylamine groups is 3. The predicted molar refractivity (Wildman–Crippen MR) is 36.9 cm³/mol. The van der Waals surface area contributed by atoms with Crippen LogP contribution in [0.2, 0.25) is 0 Å². The van der Waals surface area contributed by atoms with Crippen LogP contribution in [0.5, 0.6) is 0 Å². The first-order chi connectivity index (χ1) is 4.27. The summed E-state index contributed by atoms with van der Waals surface area (Å²) in [4.78, 5) is 3.84. The molecule has 50 valence electrons. The number of hydrogen-bond acceptors (Lipinski definition) is 2. The van der Waals surface area contributed by atoms with Gasteiger partial charge >= 0.3 is 0 Å². The number of aliphatic imine (C=N–C) groups is 1. The van der Waals surface area contributed by atoms with Gasteiger partial charge in [0.25, 0.3) is 0 Å². The number of quaternary nitrogens is 1. The fourth-order valence-corrected chi connectivity index (χ4v) is 0.848. The summed E-state index contributed by atoms with van der Waals surface area (Å²) in [6, 6.07) is 0. The third kappa shape index (κ3) is 1.37.